The molecule has 0 radical (unpaired) electrons. The quantitative estimate of drug-likeness (QED) is 0.415. The zero-order valence-corrected chi connectivity index (χ0v) is 19.5. The number of amides is 3. The Morgan fingerprint density at radius 2 is 1.83 bits per heavy atom. The van der Waals surface area contributed by atoms with E-state index in [0.717, 1.165) is 12.1 Å². The molecular formula is C24H24N4O6S. The smallest absolute Gasteiger partial charge is 0.251 e. The molecule has 1 fully saturated rings. The molecule has 1 aliphatic rings. The first-order chi connectivity index (χ1) is 16.8. The molecule has 0 bridgehead atoms. The van der Waals surface area contributed by atoms with Gasteiger partial charge in [-0.15, -0.1) is 0 Å². The highest BCUT2D eigenvalue weighted by Gasteiger charge is 2.22. The Morgan fingerprint density at radius 3 is 2.51 bits per heavy atom. The molecule has 3 aromatic rings. The Balaban J connectivity index is 1.30. The lowest BCUT2D eigenvalue weighted by Gasteiger charge is -2.15. The monoisotopic (exact) mass is 496 g/mol. The van der Waals surface area contributed by atoms with Crippen molar-refractivity contribution in [3.8, 4) is 0 Å². The third-order valence-electron chi connectivity index (χ3n) is 5.37. The van der Waals surface area contributed by atoms with Crippen LogP contribution in [0.2, 0.25) is 0 Å². The number of rotatable bonds is 9. The topological polar surface area (TPSA) is 138 Å². The number of nitrogens with one attached hydrogen (secondary N) is 3. The van der Waals surface area contributed by atoms with E-state index < -0.39 is 21.8 Å². The van der Waals surface area contributed by atoms with Crippen LogP contribution in [0.5, 0.6) is 0 Å². The summed E-state index contributed by atoms with van der Waals surface area (Å²) in [7, 11) is -3.83. The summed E-state index contributed by atoms with van der Waals surface area (Å²) in [5.74, 6) is -0.439. The van der Waals surface area contributed by atoms with E-state index in [1.165, 1.54) is 24.5 Å². The van der Waals surface area contributed by atoms with E-state index in [0.29, 0.717) is 24.3 Å². The van der Waals surface area contributed by atoms with Gasteiger partial charge in [0.05, 0.1) is 24.2 Å². The molecule has 4 rings (SSSR count). The number of carbonyl (C=O) groups excluding carboxylic acids is 3. The molecule has 2 heterocycles. The number of nitrogens with zero attached hydrogens (tertiary/aromatic N) is 1. The van der Waals surface area contributed by atoms with E-state index in [2.05, 4.69) is 15.4 Å². The predicted molar refractivity (Wildman–Crippen MR) is 128 cm³/mol. The molecule has 1 aliphatic heterocycles. The van der Waals surface area contributed by atoms with Crippen molar-refractivity contribution in [1.82, 2.24) is 10.0 Å². The van der Waals surface area contributed by atoms with Crippen molar-refractivity contribution in [2.75, 3.05) is 23.3 Å². The molecular weight excluding hydrogens is 472 g/mol. The van der Waals surface area contributed by atoms with Crippen LogP contribution in [0.1, 0.15) is 29.0 Å². The van der Waals surface area contributed by atoms with Gasteiger partial charge in [-0.3, -0.25) is 14.4 Å². The second-order valence-electron chi connectivity index (χ2n) is 7.86. The first kappa shape index (κ1) is 24.2. The number of benzene rings is 2. The van der Waals surface area contributed by atoms with Crippen molar-refractivity contribution in [3.05, 3.63) is 78.3 Å². The number of furan rings is 1. The summed E-state index contributed by atoms with van der Waals surface area (Å²) in [5, 5.41) is 5.10. The van der Waals surface area contributed by atoms with Crippen LogP contribution in [0.3, 0.4) is 0 Å². The molecule has 35 heavy (non-hydrogen) atoms. The van der Waals surface area contributed by atoms with Crippen LogP contribution in [0, 0.1) is 0 Å². The van der Waals surface area contributed by atoms with Crippen molar-refractivity contribution < 1.29 is 27.2 Å². The third kappa shape index (κ3) is 6.14. The van der Waals surface area contributed by atoms with Crippen molar-refractivity contribution in [2.24, 2.45) is 0 Å². The Morgan fingerprint density at radius 1 is 1.03 bits per heavy atom. The first-order valence-corrected chi connectivity index (χ1v) is 12.4. The van der Waals surface area contributed by atoms with E-state index in [1.807, 2.05) is 0 Å². The molecule has 3 amide bonds. The average molecular weight is 497 g/mol. The third-order valence-corrected chi connectivity index (χ3v) is 6.77. The van der Waals surface area contributed by atoms with Crippen LogP contribution in [-0.4, -0.2) is 39.2 Å². The lowest BCUT2D eigenvalue weighted by Crippen LogP contribution is -2.33. The number of anilines is 2. The lowest BCUT2D eigenvalue weighted by molar-refractivity contribution is -0.117. The zero-order chi connectivity index (χ0) is 24.8. The predicted octanol–water partition coefficient (Wildman–Crippen LogP) is 2.25. The van der Waals surface area contributed by atoms with Gasteiger partial charge in [0.2, 0.25) is 21.8 Å². The Bertz CT molecular complexity index is 1320. The highest BCUT2D eigenvalue weighted by atomic mass is 32.2. The molecule has 2 aromatic carbocycles. The minimum Gasteiger partial charge on any atom is -0.468 e. The summed E-state index contributed by atoms with van der Waals surface area (Å²) in [6, 6.07) is 15.7. The highest BCUT2D eigenvalue weighted by molar-refractivity contribution is 7.89. The van der Waals surface area contributed by atoms with Crippen LogP contribution in [-0.2, 0) is 26.2 Å². The van der Waals surface area contributed by atoms with E-state index >= 15 is 0 Å². The minimum absolute atomic E-state index is 0.00668. The maximum absolute atomic E-state index is 12.5. The molecule has 1 aromatic heterocycles. The first-order valence-electron chi connectivity index (χ1n) is 10.9. The largest absolute Gasteiger partial charge is 0.468 e. The molecule has 10 nitrogen and oxygen atoms in total. The van der Waals surface area contributed by atoms with Crippen molar-refractivity contribution in [1.29, 1.82) is 0 Å². The number of sulfonamides is 1. The molecule has 182 valence electrons. The molecule has 1 saturated heterocycles. The molecule has 0 spiro atoms. The van der Waals surface area contributed by atoms with E-state index in [1.54, 1.807) is 47.4 Å². The van der Waals surface area contributed by atoms with E-state index in [9.17, 15) is 22.8 Å². The number of hydrogen-bond donors (Lipinski definition) is 3. The van der Waals surface area contributed by atoms with Gasteiger partial charge in [0.1, 0.15) is 5.76 Å². The van der Waals surface area contributed by atoms with Gasteiger partial charge in [0.25, 0.3) is 5.91 Å². The fourth-order valence-corrected chi connectivity index (χ4v) is 4.62. The summed E-state index contributed by atoms with van der Waals surface area (Å²) >= 11 is 0. The minimum atomic E-state index is -3.83. The average Bonchev–Trinajstić information content (AvgIpc) is 3.53. The fraction of sp³-hybridized carbons (Fsp3) is 0.208. The maximum Gasteiger partial charge on any atom is 0.251 e. The van der Waals surface area contributed by atoms with E-state index in [-0.39, 0.29) is 29.6 Å². The van der Waals surface area contributed by atoms with Crippen LogP contribution in [0.4, 0.5) is 11.4 Å². The molecule has 0 unspecified atom stereocenters. The summed E-state index contributed by atoms with van der Waals surface area (Å²) in [6.07, 6.45) is 2.78. The fourth-order valence-electron chi connectivity index (χ4n) is 3.59. The van der Waals surface area contributed by atoms with Gasteiger partial charge >= 0.3 is 0 Å². The Kier molecular flexibility index (Phi) is 7.28. The summed E-state index contributed by atoms with van der Waals surface area (Å²) in [4.78, 5) is 38.2. The highest BCUT2D eigenvalue weighted by Crippen LogP contribution is 2.21. The Hall–Kier alpha value is -3.96. The van der Waals surface area contributed by atoms with Crippen LogP contribution >= 0.6 is 0 Å². The van der Waals surface area contributed by atoms with Crippen molar-refractivity contribution in [3.63, 3.8) is 0 Å². The Labute approximate surface area is 202 Å². The van der Waals surface area contributed by atoms with Crippen molar-refractivity contribution in [2.45, 2.75) is 24.3 Å². The molecule has 11 heteroatoms. The van der Waals surface area contributed by atoms with Gasteiger partial charge in [-0.1, -0.05) is 6.07 Å². The summed E-state index contributed by atoms with van der Waals surface area (Å²) in [6.45, 7) is 0.347. The maximum atomic E-state index is 12.5. The molecule has 0 saturated carbocycles. The van der Waals surface area contributed by atoms with Gasteiger partial charge in [-0.25, -0.2) is 13.1 Å². The molecule has 0 aliphatic carbocycles. The molecule has 3 N–H and O–H groups in total. The lowest BCUT2D eigenvalue weighted by atomic mass is 10.2. The van der Waals surface area contributed by atoms with Gasteiger partial charge in [-0.2, -0.15) is 0 Å². The van der Waals surface area contributed by atoms with Gasteiger partial charge in [0, 0.05) is 29.9 Å². The second kappa shape index (κ2) is 10.5. The normalized spacial score (nSPS) is 13.6. The standard InChI is InChI=1S/C24H24N4O6S/c29-22(16-25-24(31)17-8-10-19(11-9-17)28-12-2-7-23(28)30)27-18-4-1-6-21(14-18)35(32,33)26-15-20-5-3-13-34-20/h1,3-6,8-11,13-14,26H,2,7,12,15-16H2,(H,25,31)(H,27,29). The summed E-state index contributed by atoms with van der Waals surface area (Å²) < 4.78 is 32.6. The zero-order valence-electron chi connectivity index (χ0n) is 18.7. The summed E-state index contributed by atoms with van der Waals surface area (Å²) in [5.41, 5.74) is 1.35. The van der Waals surface area contributed by atoms with Crippen LogP contribution in [0.25, 0.3) is 0 Å². The van der Waals surface area contributed by atoms with Crippen molar-refractivity contribution >= 4 is 39.1 Å². The van der Waals surface area contributed by atoms with Crippen LogP contribution < -0.4 is 20.3 Å². The van der Waals surface area contributed by atoms with Gasteiger partial charge < -0.3 is 20.0 Å². The SMILES string of the molecule is O=C(CNC(=O)c1ccc(N2CCCC2=O)cc1)Nc1cccc(S(=O)(=O)NCc2ccco2)c1. The van der Waals surface area contributed by atoms with Gasteiger partial charge in [0.15, 0.2) is 0 Å². The number of hydrogen-bond acceptors (Lipinski definition) is 6. The van der Waals surface area contributed by atoms with Crippen LogP contribution in [0.15, 0.2) is 76.2 Å². The van der Waals surface area contributed by atoms with Gasteiger partial charge in [-0.05, 0) is 61.0 Å². The molecule has 0 atom stereocenters. The number of carbonyl (C=O) groups is 3. The van der Waals surface area contributed by atoms with E-state index in [4.69, 9.17) is 4.42 Å². The second-order valence-corrected chi connectivity index (χ2v) is 9.63.